The number of rotatable bonds is 2. The molecule has 0 unspecified atom stereocenters. The Morgan fingerprint density at radius 2 is 1.85 bits per heavy atom. The van der Waals surface area contributed by atoms with Gasteiger partial charge in [-0.15, -0.1) is 0 Å². The van der Waals surface area contributed by atoms with Gasteiger partial charge in [0.1, 0.15) is 23.1 Å². The van der Waals surface area contributed by atoms with Crippen LogP contribution < -0.4 is 10.2 Å². The first kappa shape index (κ1) is 12.0. The van der Waals surface area contributed by atoms with Crippen LogP contribution in [0, 0.1) is 11.3 Å². The third-order valence-corrected chi connectivity index (χ3v) is 2.95. The normalized spacial score (nSPS) is 10.2. The summed E-state index contributed by atoms with van der Waals surface area (Å²) in [5, 5.41) is 9.32. The molecule has 0 spiro atoms. The predicted molar refractivity (Wildman–Crippen MR) is 75.8 cm³/mol. The highest BCUT2D eigenvalue weighted by Gasteiger charge is 2.06. The van der Waals surface area contributed by atoms with Gasteiger partial charge in [-0.05, 0) is 30.3 Å². The summed E-state index contributed by atoms with van der Waals surface area (Å²) in [5.74, 6) is 1.25. The van der Waals surface area contributed by atoms with Crippen LogP contribution in [-0.2, 0) is 0 Å². The highest BCUT2D eigenvalue weighted by molar-refractivity contribution is 5.81. The Balaban J connectivity index is 2.09. The molecule has 0 saturated carbocycles. The van der Waals surface area contributed by atoms with Gasteiger partial charge >= 0.3 is 0 Å². The Morgan fingerprint density at radius 1 is 1.05 bits per heavy atom. The molecule has 0 radical (unpaired) electrons. The Morgan fingerprint density at radius 3 is 2.60 bits per heavy atom. The van der Waals surface area contributed by atoms with Gasteiger partial charge in [0, 0.05) is 11.7 Å². The Kier molecular flexibility index (Phi) is 2.94. The van der Waals surface area contributed by atoms with Gasteiger partial charge in [-0.25, -0.2) is 0 Å². The van der Waals surface area contributed by atoms with Crippen molar-refractivity contribution in [1.82, 2.24) is 4.98 Å². The molecule has 0 atom stereocenters. The topological polar surface area (TPSA) is 65.9 Å². The van der Waals surface area contributed by atoms with Gasteiger partial charge in [-0.3, -0.25) is 4.79 Å². The second kappa shape index (κ2) is 4.90. The van der Waals surface area contributed by atoms with E-state index in [0.717, 1.165) is 0 Å². The van der Waals surface area contributed by atoms with Crippen molar-refractivity contribution < 1.29 is 4.74 Å². The molecule has 96 valence electrons. The summed E-state index contributed by atoms with van der Waals surface area (Å²) in [6.45, 7) is 0. The van der Waals surface area contributed by atoms with Gasteiger partial charge in [0.15, 0.2) is 0 Å². The summed E-state index contributed by atoms with van der Waals surface area (Å²) in [5.41, 5.74) is 0.475. The number of pyridine rings is 1. The van der Waals surface area contributed by atoms with E-state index >= 15 is 0 Å². The molecule has 3 aromatic rings. The standard InChI is InChI=1S/C16H10N2O2/c17-9-11-10-18-15-7-6-13(8-14(15)16(11)19)20-12-4-2-1-3-5-12/h1-8,10H,(H,18,19). The first-order valence-corrected chi connectivity index (χ1v) is 6.06. The maximum absolute atomic E-state index is 12.1. The smallest absolute Gasteiger partial charge is 0.207 e. The summed E-state index contributed by atoms with van der Waals surface area (Å²) in [6, 6.07) is 16.4. The molecule has 0 amide bonds. The molecule has 0 saturated heterocycles. The lowest BCUT2D eigenvalue weighted by Crippen LogP contribution is -2.07. The van der Waals surface area contributed by atoms with E-state index in [2.05, 4.69) is 4.98 Å². The molecule has 20 heavy (non-hydrogen) atoms. The van der Waals surface area contributed by atoms with Crippen LogP contribution in [0.5, 0.6) is 11.5 Å². The molecule has 0 aliphatic heterocycles. The fraction of sp³-hybridized carbons (Fsp3) is 0. The van der Waals surface area contributed by atoms with Crippen molar-refractivity contribution in [2.45, 2.75) is 0 Å². The second-order valence-corrected chi connectivity index (χ2v) is 4.27. The van der Waals surface area contributed by atoms with Crippen LogP contribution in [0.3, 0.4) is 0 Å². The maximum Gasteiger partial charge on any atom is 0.207 e. The number of fused-ring (bicyclic) bond motifs is 1. The molecule has 4 heteroatoms. The number of nitriles is 1. The molecule has 1 heterocycles. The van der Waals surface area contributed by atoms with Crippen LogP contribution in [0.4, 0.5) is 0 Å². The average Bonchev–Trinajstić information content (AvgIpc) is 2.49. The third-order valence-electron chi connectivity index (χ3n) is 2.95. The van der Waals surface area contributed by atoms with Crippen molar-refractivity contribution in [3.8, 4) is 17.6 Å². The summed E-state index contributed by atoms with van der Waals surface area (Å²) in [6.07, 6.45) is 1.42. The molecule has 2 aromatic carbocycles. The molecular formula is C16H10N2O2. The van der Waals surface area contributed by atoms with Gasteiger partial charge < -0.3 is 9.72 Å². The quantitative estimate of drug-likeness (QED) is 0.771. The van der Waals surface area contributed by atoms with Crippen molar-refractivity contribution in [2.24, 2.45) is 0 Å². The molecule has 4 nitrogen and oxygen atoms in total. The van der Waals surface area contributed by atoms with Crippen molar-refractivity contribution in [1.29, 1.82) is 5.26 Å². The van der Waals surface area contributed by atoms with E-state index in [4.69, 9.17) is 10.00 Å². The summed E-state index contributed by atoms with van der Waals surface area (Å²) >= 11 is 0. The van der Waals surface area contributed by atoms with E-state index in [1.807, 2.05) is 36.4 Å². The fourth-order valence-corrected chi connectivity index (χ4v) is 1.97. The van der Waals surface area contributed by atoms with Crippen molar-refractivity contribution in [2.75, 3.05) is 0 Å². The number of aromatic nitrogens is 1. The zero-order valence-corrected chi connectivity index (χ0v) is 10.5. The van der Waals surface area contributed by atoms with Crippen LogP contribution in [0.1, 0.15) is 5.56 Å². The average molecular weight is 262 g/mol. The Labute approximate surface area is 114 Å². The van der Waals surface area contributed by atoms with Crippen LogP contribution in [-0.4, -0.2) is 4.98 Å². The predicted octanol–water partition coefficient (Wildman–Crippen LogP) is 3.19. The van der Waals surface area contributed by atoms with Crippen LogP contribution >= 0.6 is 0 Å². The number of hydrogen-bond donors (Lipinski definition) is 1. The minimum absolute atomic E-state index is 0.0920. The molecule has 1 aromatic heterocycles. The third kappa shape index (κ3) is 2.13. The molecule has 0 aliphatic carbocycles. The largest absolute Gasteiger partial charge is 0.457 e. The van der Waals surface area contributed by atoms with Crippen molar-refractivity contribution >= 4 is 10.9 Å². The minimum Gasteiger partial charge on any atom is -0.457 e. The van der Waals surface area contributed by atoms with E-state index < -0.39 is 0 Å². The van der Waals surface area contributed by atoms with Gasteiger partial charge in [0.2, 0.25) is 5.43 Å². The van der Waals surface area contributed by atoms with Crippen LogP contribution in [0.2, 0.25) is 0 Å². The molecule has 3 rings (SSSR count). The highest BCUT2D eigenvalue weighted by atomic mass is 16.5. The van der Waals surface area contributed by atoms with Crippen LogP contribution in [0.15, 0.2) is 59.5 Å². The van der Waals surface area contributed by atoms with Gasteiger partial charge in [0.05, 0.1) is 5.39 Å². The first-order chi connectivity index (χ1) is 9.78. The van der Waals surface area contributed by atoms with E-state index in [9.17, 15) is 4.79 Å². The lowest BCUT2D eigenvalue weighted by molar-refractivity contribution is 0.483. The summed E-state index contributed by atoms with van der Waals surface area (Å²) < 4.78 is 5.68. The summed E-state index contributed by atoms with van der Waals surface area (Å²) in [7, 11) is 0. The molecular weight excluding hydrogens is 252 g/mol. The van der Waals surface area contributed by atoms with E-state index in [-0.39, 0.29) is 11.0 Å². The number of nitrogens with zero attached hydrogens (tertiary/aromatic N) is 1. The van der Waals surface area contributed by atoms with Gasteiger partial charge in [-0.1, -0.05) is 18.2 Å². The number of para-hydroxylation sites is 1. The molecule has 0 fully saturated rings. The van der Waals surface area contributed by atoms with E-state index in [1.165, 1.54) is 6.20 Å². The number of ether oxygens (including phenoxy) is 1. The zero-order valence-electron chi connectivity index (χ0n) is 10.5. The minimum atomic E-state index is -0.292. The number of benzene rings is 2. The number of aromatic amines is 1. The lowest BCUT2D eigenvalue weighted by atomic mass is 10.1. The monoisotopic (exact) mass is 262 g/mol. The lowest BCUT2D eigenvalue weighted by Gasteiger charge is -2.06. The highest BCUT2D eigenvalue weighted by Crippen LogP contribution is 2.23. The van der Waals surface area contributed by atoms with E-state index in [0.29, 0.717) is 22.4 Å². The Bertz CT molecular complexity index is 861. The van der Waals surface area contributed by atoms with Crippen molar-refractivity contribution in [3.05, 3.63) is 70.5 Å². The van der Waals surface area contributed by atoms with Gasteiger partial charge in [0.25, 0.3) is 0 Å². The van der Waals surface area contributed by atoms with Crippen LogP contribution in [0.25, 0.3) is 10.9 Å². The molecule has 1 N–H and O–H groups in total. The SMILES string of the molecule is N#Cc1c[nH]c2ccc(Oc3ccccc3)cc2c1=O. The Hall–Kier alpha value is -3.06. The second-order valence-electron chi connectivity index (χ2n) is 4.27. The molecule has 0 aliphatic rings. The number of hydrogen-bond acceptors (Lipinski definition) is 3. The zero-order chi connectivity index (χ0) is 13.9. The first-order valence-electron chi connectivity index (χ1n) is 6.06. The van der Waals surface area contributed by atoms with Crippen molar-refractivity contribution in [3.63, 3.8) is 0 Å². The van der Waals surface area contributed by atoms with Gasteiger partial charge in [-0.2, -0.15) is 5.26 Å². The number of H-pyrrole nitrogens is 1. The van der Waals surface area contributed by atoms with E-state index in [1.54, 1.807) is 18.2 Å². The molecule has 0 bridgehead atoms. The fourth-order valence-electron chi connectivity index (χ4n) is 1.97. The summed E-state index contributed by atoms with van der Waals surface area (Å²) in [4.78, 5) is 15.0. The number of nitrogens with one attached hydrogen (secondary N) is 1. The maximum atomic E-state index is 12.1.